The lowest BCUT2D eigenvalue weighted by molar-refractivity contribution is -0.141. The van der Waals surface area contributed by atoms with E-state index >= 15 is 0 Å². The van der Waals surface area contributed by atoms with Gasteiger partial charge < -0.3 is 10.2 Å². The van der Waals surface area contributed by atoms with Crippen molar-refractivity contribution in [3.8, 4) is 0 Å². The van der Waals surface area contributed by atoms with Crippen LogP contribution in [0.3, 0.4) is 0 Å². The summed E-state index contributed by atoms with van der Waals surface area (Å²) in [5.74, 6) is -0.170. The first kappa shape index (κ1) is 29.2. The van der Waals surface area contributed by atoms with Crippen molar-refractivity contribution in [2.75, 3.05) is 0 Å². The summed E-state index contributed by atoms with van der Waals surface area (Å²) in [7, 11) is 0. The maximum absolute atomic E-state index is 13.9. The number of carbonyl (C=O) groups is 2. The van der Waals surface area contributed by atoms with Crippen LogP contribution in [-0.4, -0.2) is 28.8 Å². The minimum atomic E-state index is -0.656. The highest BCUT2D eigenvalue weighted by atomic mass is 35.5. The first-order valence-electron chi connectivity index (χ1n) is 14.1. The smallest absolute Gasteiger partial charge is 0.243 e. The number of nitrogens with zero attached hydrogens (tertiary/aromatic N) is 1. The highest BCUT2D eigenvalue weighted by molar-refractivity contribution is 6.35. The third kappa shape index (κ3) is 8.58. The Hall–Kier alpha value is -2.82. The van der Waals surface area contributed by atoms with Gasteiger partial charge in [-0.15, -0.1) is 0 Å². The molecule has 0 aliphatic heterocycles. The Labute approximate surface area is 242 Å². The number of hydrogen-bond donors (Lipinski definition) is 1. The number of halogens is 2. The fraction of sp³-hybridized carbons (Fsp3) is 0.394. The Kier molecular flexibility index (Phi) is 10.9. The molecular weight excluding hydrogens is 527 g/mol. The molecule has 0 unspecified atom stereocenters. The molecule has 1 fully saturated rings. The van der Waals surface area contributed by atoms with E-state index in [1.807, 2.05) is 36.4 Å². The minimum Gasteiger partial charge on any atom is -0.352 e. The molecule has 1 aliphatic carbocycles. The van der Waals surface area contributed by atoms with E-state index in [0.717, 1.165) is 48.8 Å². The van der Waals surface area contributed by atoms with Crippen molar-refractivity contribution in [3.05, 3.63) is 105 Å². The second kappa shape index (κ2) is 14.5. The number of amides is 2. The Morgan fingerprint density at radius 2 is 1.59 bits per heavy atom. The van der Waals surface area contributed by atoms with Crippen LogP contribution in [0.5, 0.6) is 0 Å². The Morgan fingerprint density at radius 3 is 2.26 bits per heavy atom. The van der Waals surface area contributed by atoms with Gasteiger partial charge in [-0.1, -0.05) is 110 Å². The van der Waals surface area contributed by atoms with E-state index in [1.165, 1.54) is 12.0 Å². The molecular formula is C33H38Cl2N2O2. The predicted octanol–water partition coefficient (Wildman–Crippen LogP) is 7.58. The third-order valence-electron chi connectivity index (χ3n) is 7.64. The van der Waals surface area contributed by atoms with Gasteiger partial charge in [0.1, 0.15) is 6.04 Å². The molecule has 4 nitrogen and oxygen atoms in total. The molecule has 1 saturated carbocycles. The molecule has 0 bridgehead atoms. The number of aryl methyl sites for hydroxylation is 2. The average molecular weight is 566 g/mol. The lowest BCUT2D eigenvalue weighted by Crippen LogP contribution is -2.53. The molecule has 3 aromatic carbocycles. The maximum Gasteiger partial charge on any atom is 0.243 e. The van der Waals surface area contributed by atoms with E-state index in [0.29, 0.717) is 29.3 Å². The average Bonchev–Trinajstić information content (AvgIpc) is 2.96. The summed E-state index contributed by atoms with van der Waals surface area (Å²) in [6.45, 7) is 2.36. The lowest BCUT2D eigenvalue weighted by atomic mass is 9.94. The van der Waals surface area contributed by atoms with Gasteiger partial charge in [0.2, 0.25) is 11.8 Å². The largest absolute Gasteiger partial charge is 0.352 e. The van der Waals surface area contributed by atoms with E-state index in [2.05, 4.69) is 36.5 Å². The van der Waals surface area contributed by atoms with Crippen LogP contribution in [0.15, 0.2) is 72.8 Å². The molecule has 3 aromatic rings. The monoisotopic (exact) mass is 564 g/mol. The molecule has 206 valence electrons. The highest BCUT2D eigenvalue weighted by Crippen LogP contribution is 2.25. The van der Waals surface area contributed by atoms with E-state index in [4.69, 9.17) is 23.2 Å². The first-order valence-corrected chi connectivity index (χ1v) is 14.8. The summed E-state index contributed by atoms with van der Waals surface area (Å²) in [4.78, 5) is 29.5. The zero-order valence-corrected chi connectivity index (χ0v) is 24.2. The molecule has 0 heterocycles. The van der Waals surface area contributed by atoms with Crippen molar-refractivity contribution in [1.82, 2.24) is 10.2 Å². The Bertz CT molecular complexity index is 1220. The molecule has 0 radical (unpaired) electrons. The summed E-state index contributed by atoms with van der Waals surface area (Å²) in [5.41, 5.74) is 4.16. The van der Waals surface area contributed by atoms with Crippen molar-refractivity contribution in [2.45, 2.75) is 83.3 Å². The zero-order chi connectivity index (χ0) is 27.6. The van der Waals surface area contributed by atoms with Crippen molar-refractivity contribution in [1.29, 1.82) is 0 Å². The minimum absolute atomic E-state index is 0.0692. The van der Waals surface area contributed by atoms with E-state index < -0.39 is 6.04 Å². The van der Waals surface area contributed by atoms with Crippen molar-refractivity contribution >= 4 is 35.0 Å². The molecule has 4 rings (SSSR count). The molecule has 0 saturated heterocycles. The van der Waals surface area contributed by atoms with Gasteiger partial charge in [-0.05, 0) is 60.1 Å². The van der Waals surface area contributed by atoms with Gasteiger partial charge >= 0.3 is 0 Å². The highest BCUT2D eigenvalue weighted by Gasteiger charge is 2.32. The van der Waals surface area contributed by atoms with Gasteiger partial charge in [-0.2, -0.15) is 0 Å². The standard InChI is InChI=1S/C33H38Cl2N2O2/c1-2-24-13-15-25(16-14-24)17-20-32(38)37(23-27-18-19-28(34)22-30(27)35)31(21-26-9-5-3-6-10-26)33(39)36-29-11-7-4-8-12-29/h3,5-6,9-10,13-16,18-19,22,29,31H,2,4,7-8,11-12,17,20-21,23H2,1H3,(H,36,39)/t31-/m0/s1. The Balaban J connectivity index is 1.62. The van der Waals surface area contributed by atoms with Gasteiger partial charge in [0.25, 0.3) is 0 Å². The van der Waals surface area contributed by atoms with Crippen LogP contribution in [0.2, 0.25) is 10.0 Å². The van der Waals surface area contributed by atoms with Crippen LogP contribution >= 0.6 is 23.2 Å². The summed E-state index contributed by atoms with van der Waals surface area (Å²) in [6, 6.07) is 23.1. The number of benzene rings is 3. The summed E-state index contributed by atoms with van der Waals surface area (Å²) in [5, 5.41) is 4.31. The first-order chi connectivity index (χ1) is 18.9. The molecule has 1 N–H and O–H groups in total. The number of carbonyl (C=O) groups excluding carboxylic acids is 2. The number of nitrogens with one attached hydrogen (secondary N) is 1. The maximum atomic E-state index is 13.9. The van der Waals surface area contributed by atoms with Crippen LogP contribution in [0, 0.1) is 0 Å². The predicted molar refractivity (Wildman–Crippen MR) is 160 cm³/mol. The summed E-state index contributed by atoms with van der Waals surface area (Å²) >= 11 is 12.7. The van der Waals surface area contributed by atoms with Crippen LogP contribution in [0.4, 0.5) is 0 Å². The fourth-order valence-electron chi connectivity index (χ4n) is 5.27. The topological polar surface area (TPSA) is 49.4 Å². The number of rotatable bonds is 11. The second-order valence-corrected chi connectivity index (χ2v) is 11.3. The molecule has 1 aliphatic rings. The molecule has 2 amide bonds. The van der Waals surface area contributed by atoms with E-state index in [1.54, 1.807) is 17.0 Å². The van der Waals surface area contributed by atoms with E-state index in [-0.39, 0.29) is 24.4 Å². The normalized spacial score (nSPS) is 14.5. The zero-order valence-electron chi connectivity index (χ0n) is 22.7. The van der Waals surface area contributed by atoms with Gasteiger partial charge in [-0.3, -0.25) is 9.59 Å². The molecule has 0 aromatic heterocycles. The van der Waals surface area contributed by atoms with Crippen LogP contribution in [-0.2, 0) is 35.4 Å². The molecule has 6 heteroatoms. The van der Waals surface area contributed by atoms with Gasteiger partial charge in [-0.25, -0.2) is 0 Å². The summed E-state index contributed by atoms with van der Waals surface area (Å²) in [6.07, 6.45) is 7.73. The second-order valence-electron chi connectivity index (χ2n) is 10.5. The fourth-order valence-corrected chi connectivity index (χ4v) is 5.74. The van der Waals surface area contributed by atoms with Crippen molar-refractivity contribution < 1.29 is 9.59 Å². The molecule has 1 atom stereocenters. The van der Waals surface area contributed by atoms with E-state index in [9.17, 15) is 9.59 Å². The van der Waals surface area contributed by atoms with Crippen LogP contribution < -0.4 is 5.32 Å². The molecule has 39 heavy (non-hydrogen) atoms. The SMILES string of the molecule is CCc1ccc(CCC(=O)N(Cc2ccc(Cl)cc2Cl)[C@@H](Cc2ccccc2)C(=O)NC2CCCCC2)cc1. The van der Waals surface area contributed by atoms with Crippen LogP contribution in [0.25, 0.3) is 0 Å². The van der Waals surface area contributed by atoms with Crippen LogP contribution in [0.1, 0.15) is 67.7 Å². The molecule has 0 spiro atoms. The van der Waals surface area contributed by atoms with Crippen molar-refractivity contribution in [3.63, 3.8) is 0 Å². The van der Waals surface area contributed by atoms with Crippen molar-refractivity contribution in [2.24, 2.45) is 0 Å². The quantitative estimate of drug-likeness (QED) is 0.261. The Morgan fingerprint density at radius 1 is 0.897 bits per heavy atom. The number of hydrogen-bond acceptors (Lipinski definition) is 2. The lowest BCUT2D eigenvalue weighted by Gasteiger charge is -2.34. The summed E-state index contributed by atoms with van der Waals surface area (Å²) < 4.78 is 0. The van der Waals surface area contributed by atoms with Gasteiger partial charge in [0.05, 0.1) is 0 Å². The third-order valence-corrected chi connectivity index (χ3v) is 8.22. The van der Waals surface area contributed by atoms with Gasteiger partial charge in [0, 0.05) is 35.5 Å². The van der Waals surface area contributed by atoms with Gasteiger partial charge in [0.15, 0.2) is 0 Å².